The molecule has 0 saturated carbocycles. The maximum atomic E-state index is 9.62. The highest BCUT2D eigenvalue weighted by Crippen LogP contribution is 2.22. The van der Waals surface area contributed by atoms with Crippen molar-refractivity contribution in [2.45, 2.75) is 19.8 Å². The topological polar surface area (TPSA) is 41.3 Å². The Morgan fingerprint density at radius 3 is 2.94 bits per heavy atom. The lowest BCUT2D eigenvalue weighted by Gasteiger charge is -2.29. The van der Waals surface area contributed by atoms with Crippen LogP contribution < -0.4 is 0 Å². The van der Waals surface area contributed by atoms with Gasteiger partial charge in [-0.05, 0) is 43.0 Å². The summed E-state index contributed by atoms with van der Waals surface area (Å²) >= 11 is 0. The molecule has 0 aliphatic carbocycles. The lowest BCUT2D eigenvalue weighted by Crippen LogP contribution is -2.40. The molecule has 3 rings (SSSR count). The molecule has 0 bridgehead atoms. The van der Waals surface area contributed by atoms with Gasteiger partial charge >= 0.3 is 7.05 Å². The van der Waals surface area contributed by atoms with Crippen LogP contribution in [-0.2, 0) is 13.0 Å². The molecule has 92 valence electrons. The average Bonchev–Trinajstić information content (AvgIpc) is 2.91. The summed E-state index contributed by atoms with van der Waals surface area (Å²) in [7, 11) is -0.369. The highest BCUT2D eigenvalue weighted by atomic mass is 16.2. The predicted molar refractivity (Wildman–Crippen MR) is 71.5 cm³/mol. The molecular weight excluding hydrogens is 225 g/mol. The van der Waals surface area contributed by atoms with Crippen LogP contribution in [0.4, 0.5) is 0 Å². The molecule has 1 N–H and O–H groups in total. The standard InChI is InChI=1S/C13H16BN3O/c1-14(18)17-6-4-11-8-13(3-2-12(11)9-17)16-7-5-15-10-16/h2-3,5,7-8,10,18H,4,6,9H2,1H3. The van der Waals surface area contributed by atoms with Crippen LogP contribution in [0, 0.1) is 0 Å². The molecule has 2 aromatic rings. The molecule has 0 atom stereocenters. The van der Waals surface area contributed by atoms with Crippen LogP contribution in [0.2, 0.25) is 6.82 Å². The summed E-state index contributed by atoms with van der Waals surface area (Å²) in [6.45, 7) is 3.57. The van der Waals surface area contributed by atoms with Gasteiger partial charge in [-0.1, -0.05) is 6.07 Å². The van der Waals surface area contributed by atoms with Crippen LogP contribution in [-0.4, -0.2) is 33.0 Å². The number of imidazole rings is 1. The SMILES string of the molecule is CB(O)N1CCc2cc(-n3ccnc3)ccc2C1. The molecule has 0 unspecified atom stereocenters. The highest BCUT2D eigenvalue weighted by molar-refractivity contribution is 6.45. The summed E-state index contributed by atoms with van der Waals surface area (Å²) in [5, 5.41) is 9.62. The summed E-state index contributed by atoms with van der Waals surface area (Å²) in [6, 6.07) is 6.47. The van der Waals surface area contributed by atoms with Crippen LogP contribution >= 0.6 is 0 Å². The molecule has 2 heterocycles. The van der Waals surface area contributed by atoms with Gasteiger partial charge in [0.05, 0.1) is 6.33 Å². The van der Waals surface area contributed by atoms with Gasteiger partial charge in [0.1, 0.15) is 0 Å². The van der Waals surface area contributed by atoms with E-state index < -0.39 is 0 Å². The Morgan fingerprint density at radius 1 is 1.33 bits per heavy atom. The van der Waals surface area contributed by atoms with Gasteiger partial charge in [0.2, 0.25) is 0 Å². The van der Waals surface area contributed by atoms with Crippen molar-refractivity contribution in [2.75, 3.05) is 6.54 Å². The third kappa shape index (κ3) is 2.07. The fourth-order valence-electron chi connectivity index (χ4n) is 2.45. The van der Waals surface area contributed by atoms with E-state index in [4.69, 9.17) is 0 Å². The molecule has 1 aromatic carbocycles. The summed E-state index contributed by atoms with van der Waals surface area (Å²) in [5.74, 6) is 0. The van der Waals surface area contributed by atoms with E-state index in [-0.39, 0.29) is 7.05 Å². The predicted octanol–water partition coefficient (Wildman–Crippen LogP) is 1.34. The third-order valence-electron chi connectivity index (χ3n) is 3.56. The molecule has 0 fully saturated rings. The van der Waals surface area contributed by atoms with E-state index in [2.05, 4.69) is 28.0 Å². The van der Waals surface area contributed by atoms with Crippen molar-refractivity contribution in [2.24, 2.45) is 0 Å². The third-order valence-corrected chi connectivity index (χ3v) is 3.56. The Kier molecular flexibility index (Phi) is 2.93. The quantitative estimate of drug-likeness (QED) is 0.806. The van der Waals surface area contributed by atoms with E-state index in [1.54, 1.807) is 6.20 Å². The van der Waals surface area contributed by atoms with Gasteiger partial charge in [-0.25, -0.2) is 4.98 Å². The maximum absolute atomic E-state index is 9.62. The minimum atomic E-state index is -0.369. The first-order chi connectivity index (χ1) is 8.74. The molecule has 0 saturated heterocycles. The fraction of sp³-hybridized carbons (Fsp3) is 0.308. The second-order valence-corrected chi connectivity index (χ2v) is 4.78. The van der Waals surface area contributed by atoms with E-state index >= 15 is 0 Å². The van der Waals surface area contributed by atoms with Gasteiger partial charge in [0, 0.05) is 24.6 Å². The Bertz CT molecular complexity index is 539. The van der Waals surface area contributed by atoms with Crippen molar-refractivity contribution >= 4 is 7.05 Å². The molecule has 1 aliphatic rings. The first-order valence-corrected chi connectivity index (χ1v) is 6.26. The Hall–Kier alpha value is -1.59. The number of aromatic nitrogens is 2. The lowest BCUT2D eigenvalue weighted by atomic mass is 9.81. The second kappa shape index (κ2) is 4.59. The molecule has 1 aliphatic heterocycles. The molecular formula is C13H16BN3O. The van der Waals surface area contributed by atoms with Crippen molar-refractivity contribution < 1.29 is 5.02 Å². The van der Waals surface area contributed by atoms with Crippen molar-refractivity contribution in [1.82, 2.24) is 14.4 Å². The van der Waals surface area contributed by atoms with Crippen LogP contribution in [0.5, 0.6) is 0 Å². The zero-order valence-electron chi connectivity index (χ0n) is 10.5. The first kappa shape index (κ1) is 11.5. The Labute approximate surface area is 107 Å². The minimum Gasteiger partial charge on any atom is -0.437 e. The summed E-state index contributed by atoms with van der Waals surface area (Å²) in [4.78, 5) is 6.15. The average molecular weight is 241 g/mol. The van der Waals surface area contributed by atoms with E-state index in [0.717, 1.165) is 25.2 Å². The second-order valence-electron chi connectivity index (χ2n) is 4.78. The molecule has 0 radical (unpaired) electrons. The number of benzene rings is 1. The zero-order valence-corrected chi connectivity index (χ0v) is 10.5. The van der Waals surface area contributed by atoms with Crippen LogP contribution in [0.25, 0.3) is 5.69 Å². The van der Waals surface area contributed by atoms with Gasteiger partial charge in [-0.2, -0.15) is 0 Å². The zero-order chi connectivity index (χ0) is 12.5. The molecule has 0 amide bonds. The molecule has 1 aromatic heterocycles. The van der Waals surface area contributed by atoms with Crippen LogP contribution in [0.1, 0.15) is 11.1 Å². The highest BCUT2D eigenvalue weighted by Gasteiger charge is 2.22. The van der Waals surface area contributed by atoms with Gasteiger partial charge < -0.3 is 14.4 Å². The van der Waals surface area contributed by atoms with Crippen LogP contribution in [0.3, 0.4) is 0 Å². The van der Waals surface area contributed by atoms with Crippen molar-refractivity contribution in [3.8, 4) is 5.69 Å². The number of rotatable bonds is 2. The van der Waals surface area contributed by atoms with E-state index in [0.29, 0.717) is 0 Å². The smallest absolute Gasteiger partial charge is 0.376 e. The maximum Gasteiger partial charge on any atom is 0.376 e. The summed E-state index contributed by atoms with van der Waals surface area (Å²) in [6.07, 6.45) is 6.54. The lowest BCUT2D eigenvalue weighted by molar-refractivity contribution is 0.347. The molecule has 4 nitrogen and oxygen atoms in total. The van der Waals surface area contributed by atoms with Gasteiger partial charge in [0.25, 0.3) is 0 Å². The molecule has 0 spiro atoms. The van der Waals surface area contributed by atoms with E-state index in [1.165, 1.54) is 11.1 Å². The number of nitrogens with zero attached hydrogens (tertiary/aromatic N) is 3. The molecule has 5 heteroatoms. The fourth-order valence-corrected chi connectivity index (χ4v) is 2.45. The van der Waals surface area contributed by atoms with Crippen molar-refractivity contribution in [3.63, 3.8) is 0 Å². The number of hydrogen-bond donors (Lipinski definition) is 1. The largest absolute Gasteiger partial charge is 0.437 e. The first-order valence-electron chi connectivity index (χ1n) is 6.26. The van der Waals surface area contributed by atoms with Crippen molar-refractivity contribution in [1.29, 1.82) is 0 Å². The van der Waals surface area contributed by atoms with E-state index in [9.17, 15) is 5.02 Å². The number of fused-ring (bicyclic) bond motifs is 1. The normalized spacial score (nSPS) is 15.4. The van der Waals surface area contributed by atoms with Crippen molar-refractivity contribution in [3.05, 3.63) is 48.0 Å². The van der Waals surface area contributed by atoms with E-state index in [1.807, 2.05) is 23.9 Å². The van der Waals surface area contributed by atoms with Crippen LogP contribution in [0.15, 0.2) is 36.9 Å². The van der Waals surface area contributed by atoms with Gasteiger partial charge in [0.15, 0.2) is 0 Å². The summed E-state index contributed by atoms with van der Waals surface area (Å²) < 4.78 is 2.02. The monoisotopic (exact) mass is 241 g/mol. The Morgan fingerprint density at radius 2 is 2.22 bits per heavy atom. The minimum absolute atomic E-state index is 0.369. The number of hydrogen-bond acceptors (Lipinski definition) is 3. The Balaban J connectivity index is 1.90. The molecule has 18 heavy (non-hydrogen) atoms. The summed E-state index contributed by atoms with van der Waals surface area (Å²) in [5.41, 5.74) is 3.83. The van der Waals surface area contributed by atoms with Gasteiger partial charge in [-0.3, -0.25) is 0 Å². The van der Waals surface area contributed by atoms with Gasteiger partial charge in [-0.15, -0.1) is 0 Å².